The average Bonchev–Trinajstić information content (AvgIpc) is 2.82. The first-order valence-electron chi connectivity index (χ1n) is 7.69. The van der Waals surface area contributed by atoms with Crippen LogP contribution in [0, 0.1) is 5.92 Å². The van der Waals surface area contributed by atoms with Crippen LogP contribution in [0.4, 0.5) is 0 Å². The zero-order valence-corrected chi connectivity index (χ0v) is 12.6. The number of benzene rings is 1. The lowest BCUT2D eigenvalue weighted by Gasteiger charge is -2.21. The molecule has 0 amide bonds. The van der Waals surface area contributed by atoms with Crippen molar-refractivity contribution in [2.75, 3.05) is 20.1 Å². The van der Waals surface area contributed by atoms with Crippen molar-refractivity contribution in [2.45, 2.75) is 45.1 Å². The van der Waals surface area contributed by atoms with Crippen LogP contribution < -0.4 is 5.73 Å². The van der Waals surface area contributed by atoms with Crippen molar-refractivity contribution in [3.63, 3.8) is 0 Å². The maximum Gasteiger partial charge on any atom is 0.0348 e. The van der Waals surface area contributed by atoms with Gasteiger partial charge in [-0.3, -0.25) is 4.90 Å². The van der Waals surface area contributed by atoms with E-state index in [9.17, 15) is 0 Å². The van der Waals surface area contributed by atoms with Gasteiger partial charge in [0.2, 0.25) is 0 Å². The van der Waals surface area contributed by atoms with Crippen LogP contribution in [0.1, 0.15) is 56.2 Å². The third-order valence-corrected chi connectivity index (χ3v) is 4.75. The molecule has 0 aliphatic carbocycles. The van der Waals surface area contributed by atoms with Gasteiger partial charge >= 0.3 is 0 Å². The van der Waals surface area contributed by atoms with Crippen molar-refractivity contribution >= 4 is 0 Å². The van der Waals surface area contributed by atoms with Gasteiger partial charge in [0.1, 0.15) is 0 Å². The molecule has 2 nitrogen and oxygen atoms in total. The maximum atomic E-state index is 5.81. The zero-order valence-electron chi connectivity index (χ0n) is 12.6. The smallest absolute Gasteiger partial charge is 0.0348 e. The highest BCUT2D eigenvalue weighted by atomic mass is 15.2. The number of hydrogen-bond donors (Lipinski definition) is 1. The number of likely N-dealkylation sites (tertiary alicyclic amines) is 1. The highest BCUT2D eigenvalue weighted by Crippen LogP contribution is 2.34. The van der Waals surface area contributed by atoms with E-state index in [0.717, 1.165) is 13.1 Å². The van der Waals surface area contributed by atoms with Gasteiger partial charge in [0.05, 0.1) is 0 Å². The van der Waals surface area contributed by atoms with E-state index in [1.54, 1.807) is 0 Å². The number of rotatable bonds is 5. The molecular formula is C17H28N2. The Kier molecular flexibility index (Phi) is 5.00. The molecule has 2 rings (SSSR count). The van der Waals surface area contributed by atoms with Crippen LogP contribution in [-0.2, 0) is 0 Å². The van der Waals surface area contributed by atoms with Gasteiger partial charge in [-0.2, -0.15) is 0 Å². The summed E-state index contributed by atoms with van der Waals surface area (Å²) in [5.41, 5.74) is 8.75. The Bertz CT molecular complexity index is 381. The summed E-state index contributed by atoms with van der Waals surface area (Å²) < 4.78 is 0. The predicted octanol–water partition coefficient (Wildman–Crippen LogP) is 3.54. The lowest BCUT2D eigenvalue weighted by Crippen LogP contribution is -2.20. The third kappa shape index (κ3) is 3.18. The Morgan fingerprint density at radius 2 is 1.84 bits per heavy atom. The van der Waals surface area contributed by atoms with E-state index in [0.29, 0.717) is 17.9 Å². The minimum atomic E-state index is 0.560. The molecule has 2 atom stereocenters. The fourth-order valence-electron chi connectivity index (χ4n) is 3.42. The van der Waals surface area contributed by atoms with Crippen molar-refractivity contribution in [2.24, 2.45) is 11.7 Å². The number of nitrogens with zero attached hydrogens (tertiary/aromatic N) is 1. The summed E-state index contributed by atoms with van der Waals surface area (Å²) in [7, 11) is 2.22. The maximum absolute atomic E-state index is 5.81. The van der Waals surface area contributed by atoms with Crippen molar-refractivity contribution in [3.05, 3.63) is 35.4 Å². The Hall–Kier alpha value is -0.860. The number of nitrogens with two attached hydrogens (primary N) is 1. The molecule has 0 saturated carbocycles. The van der Waals surface area contributed by atoms with Crippen molar-refractivity contribution in [1.82, 2.24) is 4.90 Å². The zero-order chi connectivity index (χ0) is 13.8. The molecule has 2 N–H and O–H groups in total. The molecule has 106 valence electrons. The fourth-order valence-corrected chi connectivity index (χ4v) is 3.42. The molecule has 1 aromatic carbocycles. The highest BCUT2D eigenvalue weighted by Gasteiger charge is 2.29. The van der Waals surface area contributed by atoms with Gasteiger partial charge in [0.15, 0.2) is 0 Å². The van der Waals surface area contributed by atoms with Gasteiger partial charge in [-0.15, -0.1) is 0 Å². The van der Waals surface area contributed by atoms with Gasteiger partial charge in [0.25, 0.3) is 0 Å². The van der Waals surface area contributed by atoms with Crippen LogP contribution >= 0.6 is 0 Å². The second-order valence-corrected chi connectivity index (χ2v) is 5.97. The Morgan fingerprint density at radius 1 is 1.21 bits per heavy atom. The fraction of sp³-hybridized carbons (Fsp3) is 0.647. The van der Waals surface area contributed by atoms with E-state index in [1.807, 2.05) is 0 Å². The molecule has 0 aromatic heterocycles. The van der Waals surface area contributed by atoms with E-state index >= 15 is 0 Å². The molecule has 19 heavy (non-hydrogen) atoms. The van der Waals surface area contributed by atoms with Gasteiger partial charge in [0, 0.05) is 12.6 Å². The molecule has 0 spiro atoms. The average molecular weight is 260 g/mol. The largest absolute Gasteiger partial charge is 0.330 e. The summed E-state index contributed by atoms with van der Waals surface area (Å²) in [4.78, 5) is 2.45. The minimum Gasteiger partial charge on any atom is -0.330 e. The first-order valence-corrected chi connectivity index (χ1v) is 7.69. The Balaban J connectivity index is 2.10. The molecule has 2 heteroatoms. The van der Waals surface area contributed by atoms with E-state index in [2.05, 4.69) is 50.1 Å². The summed E-state index contributed by atoms with van der Waals surface area (Å²) in [6, 6.07) is 9.87. The molecule has 1 heterocycles. The summed E-state index contributed by atoms with van der Waals surface area (Å²) >= 11 is 0. The lowest BCUT2D eigenvalue weighted by atomic mass is 9.91. The topological polar surface area (TPSA) is 29.3 Å². The van der Waals surface area contributed by atoms with Gasteiger partial charge in [-0.25, -0.2) is 0 Å². The predicted molar refractivity (Wildman–Crippen MR) is 82.3 cm³/mol. The molecule has 2 unspecified atom stereocenters. The molecule has 1 aromatic rings. The van der Waals surface area contributed by atoms with Crippen LogP contribution in [0.25, 0.3) is 0 Å². The molecule has 1 aliphatic heterocycles. The Labute approximate surface area is 118 Å². The summed E-state index contributed by atoms with van der Waals surface area (Å²) in [6.45, 7) is 6.50. The van der Waals surface area contributed by atoms with Gasteiger partial charge in [-0.05, 0) is 55.8 Å². The van der Waals surface area contributed by atoms with E-state index in [1.165, 1.54) is 30.4 Å². The number of hydrogen-bond acceptors (Lipinski definition) is 2. The summed E-state index contributed by atoms with van der Waals surface area (Å²) in [5.74, 6) is 1.38. The van der Waals surface area contributed by atoms with E-state index in [-0.39, 0.29) is 0 Å². The molecule has 0 radical (unpaired) electrons. The van der Waals surface area contributed by atoms with Gasteiger partial charge in [-0.1, -0.05) is 38.1 Å². The molecule has 1 aliphatic rings. The van der Waals surface area contributed by atoms with Crippen LogP contribution in [0.5, 0.6) is 0 Å². The first kappa shape index (κ1) is 14.5. The van der Waals surface area contributed by atoms with Crippen LogP contribution in [0.2, 0.25) is 0 Å². The lowest BCUT2D eigenvalue weighted by molar-refractivity contribution is 0.313. The standard InChI is InChI=1S/C17H28N2/c1-4-14(5-2)15-6-8-16(9-7-15)17-10-13(11-18)12-19(17)3/h6-9,13-14,17H,4-5,10-12,18H2,1-3H3. The quantitative estimate of drug-likeness (QED) is 0.877. The monoisotopic (exact) mass is 260 g/mol. The highest BCUT2D eigenvalue weighted by molar-refractivity contribution is 5.28. The van der Waals surface area contributed by atoms with E-state index in [4.69, 9.17) is 5.73 Å². The minimum absolute atomic E-state index is 0.560. The molecule has 1 fully saturated rings. The third-order valence-electron chi connectivity index (χ3n) is 4.75. The van der Waals surface area contributed by atoms with Crippen molar-refractivity contribution < 1.29 is 0 Å². The SMILES string of the molecule is CCC(CC)c1ccc(C2CC(CN)CN2C)cc1. The second-order valence-electron chi connectivity index (χ2n) is 5.97. The summed E-state index contributed by atoms with van der Waals surface area (Å²) in [5, 5.41) is 0. The van der Waals surface area contributed by atoms with Crippen LogP contribution in [0.3, 0.4) is 0 Å². The van der Waals surface area contributed by atoms with E-state index < -0.39 is 0 Å². The van der Waals surface area contributed by atoms with Crippen molar-refractivity contribution in [1.29, 1.82) is 0 Å². The first-order chi connectivity index (χ1) is 9.19. The van der Waals surface area contributed by atoms with Crippen molar-refractivity contribution in [3.8, 4) is 0 Å². The molecule has 1 saturated heterocycles. The van der Waals surface area contributed by atoms with Crippen LogP contribution in [0.15, 0.2) is 24.3 Å². The van der Waals surface area contributed by atoms with Gasteiger partial charge < -0.3 is 5.73 Å². The molecule has 0 bridgehead atoms. The van der Waals surface area contributed by atoms with Crippen LogP contribution in [-0.4, -0.2) is 25.0 Å². The normalized spacial score (nSPS) is 24.3. The Morgan fingerprint density at radius 3 is 2.32 bits per heavy atom. The second kappa shape index (κ2) is 6.53. The molecular weight excluding hydrogens is 232 g/mol. The summed E-state index contributed by atoms with van der Waals surface area (Å²) in [6.07, 6.45) is 3.67.